The minimum Gasteiger partial charge on any atom is -0.466 e. The van der Waals surface area contributed by atoms with E-state index in [2.05, 4.69) is 4.74 Å². The van der Waals surface area contributed by atoms with E-state index in [0.717, 1.165) is 0 Å². The smallest absolute Gasteiger partial charge is 0.302 e. The highest BCUT2D eigenvalue weighted by molar-refractivity contribution is 5.65. The molecule has 0 saturated carbocycles. The van der Waals surface area contributed by atoms with Crippen LogP contribution in [0, 0.1) is 0 Å². The summed E-state index contributed by atoms with van der Waals surface area (Å²) in [7, 11) is 0. The first-order valence-electron chi connectivity index (χ1n) is 2.77. The molecule has 0 spiro atoms. The summed E-state index contributed by atoms with van der Waals surface area (Å²) in [6, 6.07) is 0. The van der Waals surface area contributed by atoms with E-state index in [1.54, 1.807) is 0 Å². The minimum absolute atomic E-state index is 0.0205. The van der Waals surface area contributed by atoms with Crippen molar-refractivity contribution in [1.82, 2.24) is 0 Å². The third kappa shape index (κ3) is 7.07. The average molecular weight is 150 g/mol. The van der Waals surface area contributed by atoms with Gasteiger partial charge in [0.25, 0.3) is 6.08 Å². The molecule has 2 nitrogen and oxygen atoms in total. The molecule has 58 valence electrons. The van der Waals surface area contributed by atoms with Gasteiger partial charge < -0.3 is 4.74 Å². The Bertz CT molecular complexity index is 139. The van der Waals surface area contributed by atoms with E-state index in [0.29, 0.717) is 6.08 Å². The van der Waals surface area contributed by atoms with E-state index in [1.165, 1.54) is 6.92 Å². The molecule has 0 aliphatic heterocycles. The second-order valence-corrected chi connectivity index (χ2v) is 1.62. The van der Waals surface area contributed by atoms with Crippen molar-refractivity contribution in [1.29, 1.82) is 0 Å². The molecular formula is C6H8F2O2. The Morgan fingerprint density at radius 3 is 2.60 bits per heavy atom. The SMILES string of the molecule is CC(=O)OCCC=C(F)F. The summed E-state index contributed by atoms with van der Waals surface area (Å²) in [5.74, 6) is -0.451. The van der Waals surface area contributed by atoms with Gasteiger partial charge in [0.1, 0.15) is 0 Å². The van der Waals surface area contributed by atoms with Crippen LogP contribution in [0.15, 0.2) is 12.2 Å². The fourth-order valence-corrected chi connectivity index (χ4v) is 0.371. The molecule has 0 bridgehead atoms. The van der Waals surface area contributed by atoms with Gasteiger partial charge in [0.2, 0.25) is 0 Å². The van der Waals surface area contributed by atoms with Gasteiger partial charge in [0.05, 0.1) is 6.61 Å². The third-order valence-electron chi connectivity index (χ3n) is 0.722. The second kappa shape index (κ2) is 4.90. The van der Waals surface area contributed by atoms with Crippen LogP contribution in [0.4, 0.5) is 8.78 Å². The zero-order chi connectivity index (χ0) is 7.98. The first-order valence-corrected chi connectivity index (χ1v) is 2.77. The van der Waals surface area contributed by atoms with Gasteiger partial charge in [0, 0.05) is 13.3 Å². The van der Waals surface area contributed by atoms with Gasteiger partial charge in [-0.3, -0.25) is 4.79 Å². The quantitative estimate of drug-likeness (QED) is 0.452. The van der Waals surface area contributed by atoms with Crippen molar-refractivity contribution in [3.8, 4) is 0 Å². The van der Waals surface area contributed by atoms with E-state index in [9.17, 15) is 13.6 Å². The Hall–Kier alpha value is -0.930. The topological polar surface area (TPSA) is 26.3 Å². The number of ether oxygens (including phenoxy) is 1. The summed E-state index contributed by atoms with van der Waals surface area (Å²) in [6.07, 6.45) is -0.961. The lowest BCUT2D eigenvalue weighted by Crippen LogP contribution is -1.98. The van der Waals surface area contributed by atoms with Crippen LogP contribution in [0.5, 0.6) is 0 Å². The average Bonchev–Trinajstić information content (AvgIpc) is 1.79. The van der Waals surface area contributed by atoms with E-state index < -0.39 is 12.0 Å². The van der Waals surface area contributed by atoms with Crippen molar-refractivity contribution in [2.24, 2.45) is 0 Å². The van der Waals surface area contributed by atoms with Gasteiger partial charge in [0.15, 0.2) is 0 Å². The Morgan fingerprint density at radius 1 is 1.60 bits per heavy atom. The molecule has 0 atom stereocenters. The molecule has 0 rings (SSSR count). The zero-order valence-corrected chi connectivity index (χ0v) is 5.56. The number of carbonyl (C=O) groups excluding carboxylic acids is 1. The summed E-state index contributed by atoms with van der Waals surface area (Å²) >= 11 is 0. The van der Waals surface area contributed by atoms with Gasteiger partial charge in [-0.1, -0.05) is 0 Å². The maximum atomic E-state index is 11.3. The Labute approximate surface area is 57.5 Å². The highest BCUT2D eigenvalue weighted by Crippen LogP contribution is 1.98. The number of hydrogen-bond acceptors (Lipinski definition) is 2. The lowest BCUT2D eigenvalue weighted by molar-refractivity contribution is -0.140. The van der Waals surface area contributed by atoms with Crippen LogP contribution < -0.4 is 0 Å². The van der Waals surface area contributed by atoms with Crippen molar-refractivity contribution >= 4 is 5.97 Å². The molecule has 4 heteroatoms. The van der Waals surface area contributed by atoms with Crippen molar-refractivity contribution < 1.29 is 18.3 Å². The second-order valence-electron chi connectivity index (χ2n) is 1.62. The molecule has 0 aliphatic carbocycles. The van der Waals surface area contributed by atoms with E-state index in [-0.39, 0.29) is 13.0 Å². The van der Waals surface area contributed by atoms with Crippen LogP contribution in [0.3, 0.4) is 0 Å². The lowest BCUT2D eigenvalue weighted by atomic mass is 10.4. The summed E-state index contributed by atoms with van der Waals surface area (Å²) in [5.41, 5.74) is 0. The Balaban J connectivity index is 3.21. The van der Waals surface area contributed by atoms with Crippen LogP contribution in [-0.2, 0) is 9.53 Å². The molecule has 0 unspecified atom stereocenters. The molecule has 0 aromatic rings. The van der Waals surface area contributed by atoms with Gasteiger partial charge in [-0.2, -0.15) is 8.78 Å². The van der Waals surface area contributed by atoms with Crippen molar-refractivity contribution in [3.63, 3.8) is 0 Å². The molecule has 10 heavy (non-hydrogen) atoms. The predicted molar refractivity (Wildman–Crippen MR) is 31.5 cm³/mol. The zero-order valence-electron chi connectivity index (χ0n) is 5.56. The van der Waals surface area contributed by atoms with E-state index in [4.69, 9.17) is 0 Å². The summed E-state index contributed by atoms with van der Waals surface area (Å²) < 4.78 is 26.9. The molecular weight excluding hydrogens is 142 g/mol. The van der Waals surface area contributed by atoms with Crippen LogP contribution in [0.2, 0.25) is 0 Å². The maximum Gasteiger partial charge on any atom is 0.302 e. The van der Waals surface area contributed by atoms with E-state index >= 15 is 0 Å². The van der Waals surface area contributed by atoms with Crippen LogP contribution in [0.1, 0.15) is 13.3 Å². The molecule has 0 aromatic heterocycles. The van der Waals surface area contributed by atoms with Crippen LogP contribution >= 0.6 is 0 Å². The fourth-order valence-electron chi connectivity index (χ4n) is 0.371. The van der Waals surface area contributed by atoms with Gasteiger partial charge in [-0.05, 0) is 6.08 Å². The first kappa shape index (κ1) is 9.07. The molecule has 0 radical (unpaired) electrons. The lowest BCUT2D eigenvalue weighted by Gasteiger charge is -1.95. The molecule has 0 amide bonds. The van der Waals surface area contributed by atoms with Crippen molar-refractivity contribution in [2.45, 2.75) is 13.3 Å². The summed E-state index contributed by atoms with van der Waals surface area (Å²) in [6.45, 7) is 1.25. The first-order chi connectivity index (χ1) is 4.63. The number of hydrogen-bond donors (Lipinski definition) is 0. The van der Waals surface area contributed by atoms with Crippen LogP contribution in [0.25, 0.3) is 0 Å². The van der Waals surface area contributed by atoms with Crippen LogP contribution in [-0.4, -0.2) is 12.6 Å². The van der Waals surface area contributed by atoms with Gasteiger partial charge in [-0.15, -0.1) is 0 Å². The maximum absolute atomic E-state index is 11.3. The number of carbonyl (C=O) groups is 1. The van der Waals surface area contributed by atoms with Gasteiger partial charge >= 0.3 is 5.97 Å². The fraction of sp³-hybridized carbons (Fsp3) is 0.500. The third-order valence-corrected chi connectivity index (χ3v) is 0.722. The molecule has 0 saturated heterocycles. The number of rotatable bonds is 3. The number of esters is 1. The Kier molecular flexibility index (Phi) is 4.45. The summed E-state index contributed by atoms with van der Waals surface area (Å²) in [4.78, 5) is 10.1. The van der Waals surface area contributed by atoms with Crippen molar-refractivity contribution in [3.05, 3.63) is 12.2 Å². The molecule has 0 aromatic carbocycles. The van der Waals surface area contributed by atoms with Crippen molar-refractivity contribution in [2.75, 3.05) is 6.61 Å². The standard InChI is InChI=1S/C6H8F2O2/c1-5(9)10-4-2-3-6(7)8/h3H,2,4H2,1H3. The summed E-state index contributed by atoms with van der Waals surface area (Å²) in [5, 5.41) is 0. The highest BCUT2D eigenvalue weighted by atomic mass is 19.3. The minimum atomic E-state index is -1.74. The molecule has 0 heterocycles. The van der Waals surface area contributed by atoms with E-state index in [1.807, 2.05) is 0 Å². The number of halogens is 2. The largest absolute Gasteiger partial charge is 0.466 e. The molecule has 0 N–H and O–H groups in total. The monoisotopic (exact) mass is 150 g/mol. The normalized spacial score (nSPS) is 8.70. The van der Waals surface area contributed by atoms with Gasteiger partial charge in [-0.25, -0.2) is 0 Å². The highest BCUT2D eigenvalue weighted by Gasteiger charge is 1.91. The predicted octanol–water partition coefficient (Wildman–Crippen LogP) is 1.72. The molecule has 0 aliphatic rings. The molecule has 0 fully saturated rings. The Morgan fingerprint density at radius 2 is 2.20 bits per heavy atom.